The van der Waals surface area contributed by atoms with Crippen LogP contribution in [-0.4, -0.2) is 32.4 Å². The van der Waals surface area contributed by atoms with Gasteiger partial charge in [0.05, 0.1) is 23.7 Å². The number of aryl methyl sites for hydroxylation is 1. The Morgan fingerprint density at radius 3 is 2.37 bits per heavy atom. The third-order valence-electron chi connectivity index (χ3n) is 6.91. The number of amidine groups is 1. The number of nitrogens with zero attached hydrogens (tertiary/aromatic N) is 4. The lowest BCUT2D eigenvalue weighted by Crippen LogP contribution is -2.22. The molecule has 0 saturated heterocycles. The van der Waals surface area contributed by atoms with Crippen LogP contribution in [0.3, 0.4) is 0 Å². The summed E-state index contributed by atoms with van der Waals surface area (Å²) in [6.07, 6.45) is 8.64. The van der Waals surface area contributed by atoms with Crippen molar-refractivity contribution in [2.45, 2.75) is 33.4 Å². The van der Waals surface area contributed by atoms with Gasteiger partial charge in [0, 0.05) is 43.8 Å². The highest BCUT2D eigenvalue weighted by molar-refractivity contribution is 5.97. The van der Waals surface area contributed by atoms with E-state index in [1.165, 1.54) is 18.2 Å². The number of halogens is 2. The zero-order valence-corrected chi connectivity index (χ0v) is 28.9. The maximum atomic E-state index is 14.8. The second-order valence-electron chi connectivity index (χ2n) is 11.4. The van der Waals surface area contributed by atoms with E-state index in [4.69, 9.17) is 14.9 Å². The smallest absolute Gasteiger partial charge is 0.287 e. The molecule has 6 rings (SSSR count). The van der Waals surface area contributed by atoms with Crippen molar-refractivity contribution in [3.8, 4) is 28.2 Å². The lowest BCUT2D eigenvalue weighted by Gasteiger charge is -2.14. The Balaban J connectivity index is 0.000000571. The summed E-state index contributed by atoms with van der Waals surface area (Å²) >= 11 is 0. The highest BCUT2D eigenvalue weighted by atomic mass is 19.1. The Morgan fingerprint density at radius 1 is 1.02 bits per heavy atom. The number of amides is 1. The van der Waals surface area contributed by atoms with Crippen molar-refractivity contribution in [2.75, 3.05) is 0 Å². The molecule has 0 aliphatic carbocycles. The summed E-state index contributed by atoms with van der Waals surface area (Å²) in [5.74, 6) is -0.111. The largest absolute Gasteiger partial charge is 0.490 e. The van der Waals surface area contributed by atoms with Crippen LogP contribution in [0.5, 0.6) is 5.75 Å². The molecule has 0 unspecified atom stereocenters. The Morgan fingerprint density at radius 2 is 1.76 bits per heavy atom. The first kappa shape index (κ1) is 37.5. The van der Waals surface area contributed by atoms with E-state index >= 15 is 0 Å². The molecule has 9 nitrogen and oxygen atoms in total. The number of aromatic nitrogens is 3. The molecule has 3 aromatic carbocycles. The molecule has 51 heavy (non-hydrogen) atoms. The number of furan rings is 1. The Kier molecular flexibility index (Phi) is 13.5. The molecule has 262 valence electrons. The molecule has 0 fully saturated rings. The van der Waals surface area contributed by atoms with Crippen LogP contribution in [-0.2, 0) is 13.6 Å². The predicted molar refractivity (Wildman–Crippen MR) is 197 cm³/mol. The molecule has 0 saturated carbocycles. The van der Waals surface area contributed by atoms with E-state index in [9.17, 15) is 13.6 Å². The number of benzene rings is 3. The van der Waals surface area contributed by atoms with Crippen molar-refractivity contribution in [3.05, 3.63) is 157 Å². The van der Waals surface area contributed by atoms with Crippen LogP contribution >= 0.6 is 0 Å². The first-order valence-electron chi connectivity index (χ1n) is 16.1. The summed E-state index contributed by atoms with van der Waals surface area (Å²) in [7, 11) is 1.94. The topological polar surface area (TPSA) is 121 Å². The van der Waals surface area contributed by atoms with Gasteiger partial charge < -0.3 is 24.8 Å². The zero-order valence-electron chi connectivity index (χ0n) is 28.9. The van der Waals surface area contributed by atoms with Gasteiger partial charge in [-0.25, -0.2) is 18.8 Å². The average molecular weight is 691 g/mol. The first-order chi connectivity index (χ1) is 24.6. The average Bonchev–Trinajstić information content (AvgIpc) is 3.81. The number of nitrogens with two attached hydrogens (primary N) is 1. The molecular weight excluding hydrogens is 650 g/mol. The standard InChI is InChI=1S/C33H28F2N4O3.C4H6N2.C3H6/c1-20(2)41-31-18-25(39-32(36)28-5-3-4-16-37-28)12-13-26(31)29-14-15-30(42-29)33(40)38-19-23-7-6-22(17-27(23)35)21-8-10-24(34)11-9-21;1-6-3-2-5-4-6;1-3-2/h3-18,20H,19H2,1-2H3,(H2,36,39)(H,38,40);2-4H,1H3;3H,1H2,2H3. The predicted octanol–water partition coefficient (Wildman–Crippen LogP) is 8.65. The number of pyridine rings is 1. The molecular formula is C40H40F2N6O3. The minimum Gasteiger partial charge on any atom is -0.490 e. The number of carbonyl (C=O) groups excluding carboxylic acids is 1. The lowest BCUT2D eigenvalue weighted by atomic mass is 10.0. The summed E-state index contributed by atoms with van der Waals surface area (Å²) in [6, 6.07) is 24.3. The molecule has 11 heteroatoms. The van der Waals surface area contributed by atoms with Crippen molar-refractivity contribution in [1.29, 1.82) is 0 Å². The molecule has 0 aliphatic rings. The highest BCUT2D eigenvalue weighted by Crippen LogP contribution is 2.35. The van der Waals surface area contributed by atoms with Gasteiger partial charge in [0.1, 0.15) is 34.7 Å². The van der Waals surface area contributed by atoms with E-state index in [0.29, 0.717) is 45.1 Å². The summed E-state index contributed by atoms with van der Waals surface area (Å²) in [5.41, 5.74) is 9.47. The molecule has 3 N–H and O–H groups in total. The van der Waals surface area contributed by atoms with Crippen molar-refractivity contribution >= 4 is 17.4 Å². The van der Waals surface area contributed by atoms with Gasteiger partial charge in [0.25, 0.3) is 5.91 Å². The number of carbonyl (C=O) groups is 1. The Hall–Kier alpha value is -6.36. The van der Waals surface area contributed by atoms with E-state index in [1.807, 2.05) is 44.6 Å². The van der Waals surface area contributed by atoms with Crippen LogP contribution in [0.4, 0.5) is 14.5 Å². The number of hydrogen-bond acceptors (Lipinski definition) is 6. The van der Waals surface area contributed by atoms with E-state index in [-0.39, 0.29) is 30.1 Å². The summed E-state index contributed by atoms with van der Waals surface area (Å²) in [5, 5.41) is 2.69. The molecule has 0 bridgehead atoms. The van der Waals surface area contributed by atoms with E-state index in [2.05, 4.69) is 26.9 Å². The van der Waals surface area contributed by atoms with Gasteiger partial charge in [0.15, 0.2) is 5.76 Å². The van der Waals surface area contributed by atoms with Crippen LogP contribution in [0.2, 0.25) is 0 Å². The molecule has 6 aromatic rings. The maximum Gasteiger partial charge on any atom is 0.287 e. The van der Waals surface area contributed by atoms with Gasteiger partial charge in [-0.2, -0.15) is 0 Å². The van der Waals surface area contributed by atoms with Crippen molar-refractivity contribution < 1.29 is 22.7 Å². The second kappa shape index (κ2) is 18.4. The van der Waals surface area contributed by atoms with E-state index in [1.54, 1.807) is 91.5 Å². The highest BCUT2D eigenvalue weighted by Gasteiger charge is 2.17. The second-order valence-corrected chi connectivity index (χ2v) is 11.4. The quantitative estimate of drug-likeness (QED) is 0.0890. The van der Waals surface area contributed by atoms with Crippen molar-refractivity contribution in [2.24, 2.45) is 17.8 Å². The van der Waals surface area contributed by atoms with Crippen LogP contribution in [0.1, 0.15) is 42.6 Å². The minimum atomic E-state index is -0.501. The molecule has 0 atom stereocenters. The number of aliphatic imine (C=N–C) groups is 1. The minimum absolute atomic E-state index is 0.0451. The van der Waals surface area contributed by atoms with Gasteiger partial charge in [-0.3, -0.25) is 9.78 Å². The van der Waals surface area contributed by atoms with Crippen LogP contribution in [0.15, 0.2) is 138 Å². The third-order valence-corrected chi connectivity index (χ3v) is 6.91. The normalized spacial score (nSPS) is 10.8. The van der Waals surface area contributed by atoms with Gasteiger partial charge in [-0.15, -0.1) is 6.58 Å². The monoisotopic (exact) mass is 690 g/mol. The van der Waals surface area contributed by atoms with Gasteiger partial charge in [-0.05, 0) is 86.5 Å². The van der Waals surface area contributed by atoms with E-state index in [0.717, 1.165) is 0 Å². The summed E-state index contributed by atoms with van der Waals surface area (Å²) in [4.78, 5) is 25.3. The van der Waals surface area contributed by atoms with E-state index < -0.39 is 11.7 Å². The van der Waals surface area contributed by atoms with Crippen LogP contribution in [0.25, 0.3) is 22.5 Å². The summed E-state index contributed by atoms with van der Waals surface area (Å²) in [6.45, 7) is 9.00. The maximum absolute atomic E-state index is 14.8. The number of rotatable bonds is 9. The molecule has 0 radical (unpaired) electrons. The fourth-order valence-electron chi connectivity index (χ4n) is 4.55. The first-order valence-corrected chi connectivity index (χ1v) is 16.1. The van der Waals surface area contributed by atoms with Crippen molar-refractivity contribution in [3.63, 3.8) is 0 Å². The number of ether oxygens (including phenoxy) is 1. The number of hydrogen-bond donors (Lipinski definition) is 2. The number of allylic oxidation sites excluding steroid dienone is 1. The molecule has 0 spiro atoms. The molecule has 0 aliphatic heterocycles. The molecule has 3 heterocycles. The number of nitrogens with one attached hydrogen (secondary N) is 1. The van der Waals surface area contributed by atoms with Crippen molar-refractivity contribution in [1.82, 2.24) is 19.9 Å². The SMILES string of the molecule is C=CC.CC(C)Oc1cc(N=C(N)c2ccccn2)ccc1-c1ccc(C(=O)NCc2ccc(-c3ccc(F)cc3)cc2F)o1.Cn1ccnc1. The van der Waals surface area contributed by atoms with Crippen LogP contribution in [0, 0.1) is 11.6 Å². The van der Waals surface area contributed by atoms with Crippen LogP contribution < -0.4 is 15.8 Å². The number of imidazole rings is 1. The molecule has 1 amide bonds. The van der Waals surface area contributed by atoms with Gasteiger partial charge in [0.2, 0.25) is 0 Å². The summed E-state index contributed by atoms with van der Waals surface area (Å²) < 4.78 is 41.7. The lowest BCUT2D eigenvalue weighted by molar-refractivity contribution is 0.0923. The fraction of sp³-hybridized carbons (Fsp3) is 0.150. The fourth-order valence-corrected chi connectivity index (χ4v) is 4.55. The third kappa shape index (κ3) is 11.1. The Bertz CT molecular complexity index is 2040. The Labute approximate surface area is 296 Å². The van der Waals surface area contributed by atoms with Gasteiger partial charge >= 0.3 is 0 Å². The van der Waals surface area contributed by atoms with Gasteiger partial charge in [-0.1, -0.05) is 36.4 Å². The molecule has 3 aromatic heterocycles. The zero-order chi connectivity index (χ0) is 36.8.